The van der Waals surface area contributed by atoms with E-state index in [0.717, 1.165) is 0 Å². The number of carbonyl (C=O) groups is 1. The third-order valence-electron chi connectivity index (χ3n) is 2.16. The molecular weight excluding hydrogens is 263 g/mol. The molecule has 0 aliphatic heterocycles. The molecule has 2 N–H and O–H groups in total. The van der Waals surface area contributed by atoms with Gasteiger partial charge in [0.1, 0.15) is 5.82 Å². The number of hydrogen-bond acceptors (Lipinski definition) is 4. The summed E-state index contributed by atoms with van der Waals surface area (Å²) in [5.74, 6) is -1.31. The van der Waals surface area contributed by atoms with Gasteiger partial charge < -0.3 is 14.9 Å². The Morgan fingerprint density at radius 2 is 2.28 bits per heavy atom. The van der Waals surface area contributed by atoms with E-state index in [0.29, 0.717) is 11.4 Å². The van der Waals surface area contributed by atoms with Crippen LogP contribution < -0.4 is 5.32 Å². The Kier molecular flexibility index (Phi) is 3.47. The normalized spacial score (nSPS) is 10.3. The van der Waals surface area contributed by atoms with E-state index in [9.17, 15) is 9.18 Å². The van der Waals surface area contributed by atoms with Crippen LogP contribution in [-0.2, 0) is 6.54 Å². The van der Waals surface area contributed by atoms with Crippen molar-refractivity contribution in [3.63, 3.8) is 0 Å². The summed E-state index contributed by atoms with van der Waals surface area (Å²) in [4.78, 5) is 10.6. The zero-order chi connectivity index (χ0) is 13.1. The average Bonchev–Trinajstić information content (AvgIpc) is 2.79. The van der Waals surface area contributed by atoms with E-state index in [1.54, 1.807) is 0 Å². The highest BCUT2D eigenvalue weighted by atomic mass is 35.5. The summed E-state index contributed by atoms with van der Waals surface area (Å²) < 4.78 is 17.7. The van der Waals surface area contributed by atoms with Crippen molar-refractivity contribution < 1.29 is 18.8 Å². The molecule has 0 bridgehead atoms. The van der Waals surface area contributed by atoms with Crippen molar-refractivity contribution in [1.29, 1.82) is 0 Å². The van der Waals surface area contributed by atoms with Gasteiger partial charge in [0.25, 0.3) is 0 Å². The molecule has 7 heteroatoms. The van der Waals surface area contributed by atoms with Crippen LogP contribution in [0.15, 0.2) is 28.8 Å². The summed E-state index contributed by atoms with van der Waals surface area (Å²) in [7, 11) is 0. The Labute approximate surface area is 106 Å². The number of carboxylic acid groups (broad SMARTS) is 1. The number of carboxylic acids is 1. The van der Waals surface area contributed by atoms with Gasteiger partial charge in [-0.2, -0.15) is 0 Å². The van der Waals surface area contributed by atoms with Gasteiger partial charge in [0, 0.05) is 11.8 Å². The molecule has 0 fully saturated rings. The predicted octanol–water partition coefficient (Wildman–Crippen LogP) is 2.78. The summed E-state index contributed by atoms with van der Waals surface area (Å²) >= 11 is 5.61. The zero-order valence-electron chi connectivity index (χ0n) is 8.98. The zero-order valence-corrected chi connectivity index (χ0v) is 9.74. The maximum absolute atomic E-state index is 12.9. The topological polar surface area (TPSA) is 75.4 Å². The number of hydrogen-bond donors (Lipinski definition) is 2. The monoisotopic (exact) mass is 270 g/mol. The van der Waals surface area contributed by atoms with E-state index in [1.165, 1.54) is 24.3 Å². The third-order valence-corrected chi connectivity index (χ3v) is 2.45. The number of aromatic carboxylic acids is 1. The van der Waals surface area contributed by atoms with Gasteiger partial charge in [-0.25, -0.2) is 9.18 Å². The van der Waals surface area contributed by atoms with Gasteiger partial charge in [-0.1, -0.05) is 16.8 Å². The van der Waals surface area contributed by atoms with E-state index in [1.807, 2.05) is 0 Å². The Balaban J connectivity index is 2.02. The standard InChI is InChI=1S/C11H8ClFN2O3/c12-8-3-6(1-2-9(8)13)14-5-7-4-10(11(16)17)15-18-7/h1-4,14H,5H2,(H,16,17). The minimum absolute atomic E-state index is 0.00351. The lowest BCUT2D eigenvalue weighted by atomic mass is 10.3. The van der Waals surface area contributed by atoms with Crippen LogP contribution in [0.3, 0.4) is 0 Å². The Morgan fingerprint density at radius 1 is 1.50 bits per heavy atom. The summed E-state index contributed by atoms with van der Waals surface area (Å²) in [6.45, 7) is 0.224. The smallest absolute Gasteiger partial charge is 0.358 e. The van der Waals surface area contributed by atoms with Gasteiger partial charge in [0.15, 0.2) is 11.5 Å². The summed E-state index contributed by atoms with van der Waals surface area (Å²) in [5, 5.41) is 14.9. The molecule has 0 unspecified atom stereocenters. The molecule has 1 heterocycles. The highest BCUT2D eigenvalue weighted by molar-refractivity contribution is 6.31. The molecule has 5 nitrogen and oxygen atoms in total. The average molecular weight is 271 g/mol. The Morgan fingerprint density at radius 3 is 2.89 bits per heavy atom. The van der Waals surface area contributed by atoms with Crippen molar-refractivity contribution in [3.8, 4) is 0 Å². The lowest BCUT2D eigenvalue weighted by Crippen LogP contribution is -1.99. The predicted molar refractivity (Wildman–Crippen MR) is 62.2 cm³/mol. The fourth-order valence-electron chi connectivity index (χ4n) is 1.29. The summed E-state index contributed by atoms with van der Waals surface area (Å²) in [6, 6.07) is 5.47. The maximum Gasteiger partial charge on any atom is 0.358 e. The molecule has 0 spiro atoms. The number of halogens is 2. The highest BCUT2D eigenvalue weighted by Crippen LogP contribution is 2.19. The first-order chi connectivity index (χ1) is 8.56. The molecule has 2 rings (SSSR count). The lowest BCUT2D eigenvalue weighted by molar-refractivity contribution is 0.0685. The van der Waals surface area contributed by atoms with Gasteiger partial charge >= 0.3 is 5.97 Å². The Bertz CT molecular complexity index is 585. The van der Waals surface area contributed by atoms with Crippen molar-refractivity contribution in [1.82, 2.24) is 5.16 Å². The van der Waals surface area contributed by atoms with Gasteiger partial charge in [0.2, 0.25) is 0 Å². The highest BCUT2D eigenvalue weighted by Gasteiger charge is 2.10. The molecule has 0 aliphatic carbocycles. The van der Waals surface area contributed by atoms with Gasteiger partial charge in [-0.05, 0) is 18.2 Å². The van der Waals surface area contributed by atoms with Gasteiger partial charge in [-0.15, -0.1) is 0 Å². The van der Waals surface area contributed by atoms with Crippen molar-refractivity contribution in [3.05, 3.63) is 46.6 Å². The van der Waals surface area contributed by atoms with Crippen LogP contribution in [0, 0.1) is 5.82 Å². The van der Waals surface area contributed by atoms with E-state index in [2.05, 4.69) is 10.5 Å². The van der Waals surface area contributed by atoms with Crippen LogP contribution in [0.5, 0.6) is 0 Å². The van der Waals surface area contributed by atoms with E-state index in [4.69, 9.17) is 21.2 Å². The number of nitrogens with one attached hydrogen (secondary N) is 1. The molecule has 1 aromatic heterocycles. The van der Waals surface area contributed by atoms with Crippen molar-refractivity contribution in [2.24, 2.45) is 0 Å². The fourth-order valence-corrected chi connectivity index (χ4v) is 1.47. The molecule has 0 amide bonds. The molecule has 0 atom stereocenters. The number of nitrogens with zero attached hydrogens (tertiary/aromatic N) is 1. The molecule has 2 aromatic rings. The van der Waals surface area contributed by atoms with Crippen LogP contribution in [0.25, 0.3) is 0 Å². The van der Waals surface area contributed by atoms with Crippen molar-refractivity contribution in [2.45, 2.75) is 6.54 Å². The first kappa shape index (κ1) is 12.4. The lowest BCUT2D eigenvalue weighted by Gasteiger charge is -2.04. The molecule has 0 saturated heterocycles. The van der Waals surface area contributed by atoms with Gasteiger partial charge in [-0.3, -0.25) is 0 Å². The van der Waals surface area contributed by atoms with E-state index >= 15 is 0 Å². The maximum atomic E-state index is 12.9. The molecule has 0 aliphatic rings. The number of anilines is 1. The summed E-state index contributed by atoms with van der Waals surface area (Å²) in [6.07, 6.45) is 0. The first-order valence-electron chi connectivity index (χ1n) is 4.94. The molecule has 0 radical (unpaired) electrons. The minimum atomic E-state index is -1.16. The molecule has 0 saturated carbocycles. The second kappa shape index (κ2) is 5.05. The van der Waals surface area contributed by atoms with Crippen molar-refractivity contribution in [2.75, 3.05) is 5.32 Å². The quantitative estimate of drug-likeness (QED) is 0.893. The van der Waals surface area contributed by atoms with Crippen LogP contribution in [-0.4, -0.2) is 16.2 Å². The second-order valence-electron chi connectivity index (χ2n) is 3.47. The summed E-state index contributed by atoms with van der Waals surface area (Å²) in [5.41, 5.74) is 0.429. The van der Waals surface area contributed by atoms with Crippen LogP contribution >= 0.6 is 11.6 Å². The number of benzene rings is 1. The number of rotatable bonds is 4. The molecular formula is C11H8ClFN2O3. The van der Waals surface area contributed by atoms with Crippen LogP contribution in [0.2, 0.25) is 5.02 Å². The third kappa shape index (κ3) is 2.78. The van der Waals surface area contributed by atoms with E-state index < -0.39 is 11.8 Å². The molecule has 1 aromatic carbocycles. The Hall–Kier alpha value is -2.08. The fraction of sp³-hybridized carbons (Fsp3) is 0.0909. The number of aromatic nitrogens is 1. The first-order valence-corrected chi connectivity index (χ1v) is 5.32. The van der Waals surface area contributed by atoms with E-state index in [-0.39, 0.29) is 17.3 Å². The van der Waals surface area contributed by atoms with Crippen LogP contribution in [0.4, 0.5) is 10.1 Å². The SMILES string of the molecule is O=C(O)c1cc(CNc2ccc(F)c(Cl)c2)on1. The largest absolute Gasteiger partial charge is 0.476 e. The molecule has 18 heavy (non-hydrogen) atoms. The van der Waals surface area contributed by atoms with Gasteiger partial charge in [0.05, 0.1) is 11.6 Å². The minimum Gasteiger partial charge on any atom is -0.476 e. The van der Waals surface area contributed by atoms with Crippen LogP contribution in [0.1, 0.15) is 16.2 Å². The second-order valence-corrected chi connectivity index (χ2v) is 3.87. The molecule has 94 valence electrons. The van der Waals surface area contributed by atoms with Crippen molar-refractivity contribution >= 4 is 23.3 Å².